The van der Waals surface area contributed by atoms with Crippen molar-refractivity contribution in [2.45, 2.75) is 6.54 Å². The molecule has 0 saturated carbocycles. The molecule has 3 heterocycles. The molecule has 43 heavy (non-hydrogen) atoms. The molecule has 2 aliphatic heterocycles. The molecule has 1 aromatic heterocycles. The SMILES string of the molecule is COc1cccc(-c2ccc(N3CCN(C(=O)CN(Cc4ccc5c(c4)OCO5)C(=O)c4ccc(Cl)cc4)CC3)nn2)c1. The van der Waals surface area contributed by atoms with E-state index in [1.807, 2.05) is 54.6 Å². The molecule has 1 fully saturated rings. The highest BCUT2D eigenvalue weighted by molar-refractivity contribution is 6.30. The fourth-order valence-corrected chi connectivity index (χ4v) is 5.24. The number of amides is 2. The minimum atomic E-state index is -0.257. The summed E-state index contributed by atoms with van der Waals surface area (Å²) < 4.78 is 16.2. The second kappa shape index (κ2) is 12.6. The van der Waals surface area contributed by atoms with E-state index in [9.17, 15) is 9.59 Å². The Morgan fingerprint density at radius 1 is 0.907 bits per heavy atom. The van der Waals surface area contributed by atoms with Crippen LogP contribution in [-0.4, -0.2) is 78.4 Å². The van der Waals surface area contributed by atoms with Gasteiger partial charge >= 0.3 is 0 Å². The summed E-state index contributed by atoms with van der Waals surface area (Å²) in [4.78, 5) is 32.5. The van der Waals surface area contributed by atoms with E-state index < -0.39 is 0 Å². The van der Waals surface area contributed by atoms with Gasteiger partial charge in [-0.15, -0.1) is 10.2 Å². The maximum atomic E-state index is 13.5. The smallest absolute Gasteiger partial charge is 0.254 e. The van der Waals surface area contributed by atoms with Crippen molar-refractivity contribution in [3.8, 4) is 28.5 Å². The van der Waals surface area contributed by atoms with Crippen molar-refractivity contribution in [2.24, 2.45) is 0 Å². The van der Waals surface area contributed by atoms with Crippen molar-refractivity contribution >= 4 is 29.2 Å². The van der Waals surface area contributed by atoms with Crippen LogP contribution >= 0.6 is 11.6 Å². The van der Waals surface area contributed by atoms with Gasteiger partial charge in [0.05, 0.1) is 12.8 Å². The maximum Gasteiger partial charge on any atom is 0.254 e. The Labute approximate surface area is 254 Å². The van der Waals surface area contributed by atoms with Crippen molar-refractivity contribution in [1.82, 2.24) is 20.0 Å². The van der Waals surface area contributed by atoms with E-state index in [4.69, 9.17) is 25.8 Å². The standard InChI is InChI=1S/C32H30ClN5O5/c1-41-26-4-2-3-24(18-26)27-10-12-30(35-34-27)36-13-15-37(16-14-36)31(39)20-38(32(40)23-6-8-25(33)9-7-23)19-22-5-11-28-29(17-22)43-21-42-28/h2-12,17-18H,13-16,19-21H2,1H3. The molecule has 6 rings (SSSR count). The highest BCUT2D eigenvalue weighted by Gasteiger charge is 2.27. The lowest BCUT2D eigenvalue weighted by molar-refractivity contribution is -0.132. The van der Waals surface area contributed by atoms with Gasteiger partial charge in [-0.2, -0.15) is 0 Å². The van der Waals surface area contributed by atoms with Crippen LogP contribution in [-0.2, 0) is 11.3 Å². The van der Waals surface area contributed by atoms with Crippen molar-refractivity contribution in [2.75, 3.05) is 51.5 Å². The number of benzene rings is 3. The Hall–Kier alpha value is -4.83. The van der Waals surface area contributed by atoms with E-state index in [-0.39, 0.29) is 31.7 Å². The molecular weight excluding hydrogens is 570 g/mol. The summed E-state index contributed by atoms with van der Waals surface area (Å²) in [6, 6.07) is 23.8. The lowest BCUT2D eigenvalue weighted by Gasteiger charge is -2.36. The number of rotatable bonds is 8. The van der Waals surface area contributed by atoms with Crippen LogP contribution in [0.4, 0.5) is 5.82 Å². The molecule has 0 atom stereocenters. The Balaban J connectivity index is 1.11. The lowest BCUT2D eigenvalue weighted by atomic mass is 10.1. The van der Waals surface area contributed by atoms with Crippen LogP contribution in [0.1, 0.15) is 15.9 Å². The van der Waals surface area contributed by atoms with Crippen LogP contribution < -0.4 is 19.1 Å². The van der Waals surface area contributed by atoms with Crippen LogP contribution in [0, 0.1) is 0 Å². The van der Waals surface area contributed by atoms with Gasteiger partial charge < -0.3 is 28.9 Å². The third kappa shape index (κ3) is 6.49. The Bertz CT molecular complexity index is 1610. The lowest BCUT2D eigenvalue weighted by Crippen LogP contribution is -2.52. The molecule has 2 amide bonds. The Morgan fingerprint density at radius 2 is 1.70 bits per heavy atom. The number of aromatic nitrogens is 2. The monoisotopic (exact) mass is 599 g/mol. The molecule has 0 unspecified atom stereocenters. The zero-order chi connectivity index (χ0) is 29.8. The van der Waals surface area contributed by atoms with Crippen molar-refractivity contribution in [3.05, 3.63) is 95.0 Å². The quantitative estimate of drug-likeness (QED) is 0.292. The molecule has 0 bridgehead atoms. The van der Waals surface area contributed by atoms with Crippen LogP contribution in [0.15, 0.2) is 78.9 Å². The molecule has 2 aliphatic rings. The van der Waals surface area contributed by atoms with Crippen LogP contribution in [0.5, 0.6) is 17.2 Å². The molecule has 220 valence electrons. The van der Waals surface area contributed by atoms with Crippen LogP contribution in [0.25, 0.3) is 11.3 Å². The fraction of sp³-hybridized carbons (Fsp3) is 0.250. The van der Waals surface area contributed by atoms with Gasteiger partial charge in [0.15, 0.2) is 17.3 Å². The maximum absolute atomic E-state index is 13.5. The molecule has 0 N–H and O–H groups in total. The first-order valence-electron chi connectivity index (χ1n) is 13.9. The van der Waals surface area contributed by atoms with Gasteiger partial charge in [-0.25, -0.2) is 0 Å². The summed E-state index contributed by atoms with van der Waals surface area (Å²) in [5, 5.41) is 9.38. The van der Waals surface area contributed by atoms with E-state index in [1.54, 1.807) is 41.2 Å². The van der Waals surface area contributed by atoms with E-state index in [0.717, 1.165) is 28.4 Å². The first-order valence-corrected chi connectivity index (χ1v) is 14.3. The fourth-order valence-electron chi connectivity index (χ4n) is 5.11. The molecule has 0 aliphatic carbocycles. The van der Waals surface area contributed by atoms with Crippen molar-refractivity contribution in [3.63, 3.8) is 0 Å². The summed E-state index contributed by atoms with van der Waals surface area (Å²) in [6.07, 6.45) is 0. The Morgan fingerprint density at radius 3 is 2.44 bits per heavy atom. The zero-order valence-corrected chi connectivity index (χ0v) is 24.4. The number of methoxy groups -OCH3 is 1. The molecule has 4 aromatic rings. The second-order valence-electron chi connectivity index (χ2n) is 10.2. The summed E-state index contributed by atoms with van der Waals surface area (Å²) in [6.45, 7) is 2.55. The van der Waals surface area contributed by atoms with Gasteiger partial charge in [-0.05, 0) is 66.2 Å². The normalized spacial score (nSPS) is 14.0. The van der Waals surface area contributed by atoms with E-state index in [0.29, 0.717) is 48.3 Å². The largest absolute Gasteiger partial charge is 0.497 e. The molecule has 10 nitrogen and oxygen atoms in total. The van der Waals surface area contributed by atoms with Gasteiger partial charge in [0.2, 0.25) is 12.7 Å². The van der Waals surface area contributed by atoms with Gasteiger partial charge in [-0.1, -0.05) is 29.8 Å². The highest BCUT2D eigenvalue weighted by atomic mass is 35.5. The minimum absolute atomic E-state index is 0.0645. The first kappa shape index (κ1) is 28.3. The molecule has 11 heteroatoms. The van der Waals surface area contributed by atoms with Gasteiger partial charge in [0, 0.05) is 48.9 Å². The predicted octanol–water partition coefficient (Wildman–Crippen LogP) is 4.53. The number of anilines is 1. The number of carbonyl (C=O) groups excluding carboxylic acids is 2. The van der Waals surface area contributed by atoms with Crippen LogP contribution in [0.3, 0.4) is 0 Å². The number of piperazine rings is 1. The van der Waals surface area contributed by atoms with E-state index >= 15 is 0 Å². The Kier molecular flexibility index (Phi) is 8.28. The summed E-state index contributed by atoms with van der Waals surface area (Å²) in [5.41, 5.74) is 2.97. The molecule has 0 radical (unpaired) electrons. The number of ether oxygens (including phenoxy) is 3. The molecular formula is C32H30ClN5O5. The third-order valence-electron chi connectivity index (χ3n) is 7.49. The average Bonchev–Trinajstić information content (AvgIpc) is 3.53. The molecule has 3 aromatic carbocycles. The number of halogens is 1. The topological polar surface area (TPSA) is 97.3 Å². The van der Waals surface area contributed by atoms with Gasteiger partial charge in [-0.3, -0.25) is 9.59 Å². The number of fused-ring (bicyclic) bond motifs is 1. The molecule has 0 spiro atoms. The molecule has 1 saturated heterocycles. The van der Waals surface area contributed by atoms with Crippen LogP contribution in [0.2, 0.25) is 5.02 Å². The van der Waals surface area contributed by atoms with E-state index in [2.05, 4.69) is 15.1 Å². The zero-order valence-electron chi connectivity index (χ0n) is 23.6. The summed E-state index contributed by atoms with van der Waals surface area (Å²) in [5.74, 6) is 2.41. The van der Waals surface area contributed by atoms with Gasteiger partial charge in [0.1, 0.15) is 12.3 Å². The number of carbonyl (C=O) groups is 2. The number of hydrogen-bond acceptors (Lipinski definition) is 8. The highest BCUT2D eigenvalue weighted by Crippen LogP contribution is 2.33. The minimum Gasteiger partial charge on any atom is -0.497 e. The van der Waals surface area contributed by atoms with E-state index in [1.165, 1.54) is 0 Å². The summed E-state index contributed by atoms with van der Waals surface area (Å²) >= 11 is 6.04. The average molecular weight is 600 g/mol. The van der Waals surface area contributed by atoms with Gasteiger partial charge in [0.25, 0.3) is 5.91 Å². The first-order chi connectivity index (χ1) is 21.0. The third-order valence-corrected chi connectivity index (χ3v) is 7.74. The second-order valence-corrected chi connectivity index (χ2v) is 10.7. The number of nitrogens with zero attached hydrogens (tertiary/aromatic N) is 5. The van der Waals surface area contributed by atoms with Crippen molar-refractivity contribution < 1.29 is 23.8 Å². The predicted molar refractivity (Wildman–Crippen MR) is 162 cm³/mol. The van der Waals surface area contributed by atoms with Crippen molar-refractivity contribution in [1.29, 1.82) is 0 Å². The summed E-state index contributed by atoms with van der Waals surface area (Å²) in [7, 11) is 1.63. The number of hydrogen-bond donors (Lipinski definition) is 0.